The molecule has 0 radical (unpaired) electrons. The van der Waals surface area contributed by atoms with Gasteiger partial charge in [-0.1, -0.05) is 66.5 Å². The SMILES string of the molecule is C=CCO[C@@]12Oc3ccc(Oc4ccc(C)c(C)c4)cc3[C@H]3[C@H](CCCCO)[C@@H](CCCCO)C=C(C(=NOCc4ccccc4)C[C@@H]1N(CCOCCO)C(=O)OCC)[C@H]32. The number of aliphatic hydroxyl groups is 3. The molecule has 1 amide bonds. The second kappa shape index (κ2) is 22.4. The van der Waals surface area contributed by atoms with Crippen LogP contribution in [0, 0.1) is 31.6 Å². The van der Waals surface area contributed by atoms with Gasteiger partial charge < -0.3 is 43.8 Å². The minimum Gasteiger partial charge on any atom is -0.459 e. The maximum Gasteiger partial charge on any atom is 0.410 e. The summed E-state index contributed by atoms with van der Waals surface area (Å²) >= 11 is 0. The second-order valence-electron chi connectivity index (χ2n) is 16.1. The molecule has 1 saturated carbocycles. The van der Waals surface area contributed by atoms with Crippen LogP contribution in [-0.2, 0) is 25.7 Å². The second-order valence-corrected chi connectivity index (χ2v) is 16.1. The van der Waals surface area contributed by atoms with Crippen LogP contribution in [-0.4, -0.2) is 96.6 Å². The Labute approximate surface area is 360 Å². The van der Waals surface area contributed by atoms with Crippen molar-refractivity contribution in [2.24, 2.45) is 22.9 Å². The number of carbonyl (C=O) groups is 1. The number of benzene rings is 3. The normalized spacial score (nSPS) is 23.3. The lowest BCUT2D eigenvalue weighted by Gasteiger charge is -2.59. The molecule has 1 aliphatic heterocycles. The average molecular weight is 841 g/mol. The van der Waals surface area contributed by atoms with Crippen molar-refractivity contribution in [3.05, 3.63) is 113 Å². The quantitative estimate of drug-likeness (QED) is 0.0483. The molecule has 0 bridgehead atoms. The summed E-state index contributed by atoms with van der Waals surface area (Å²) in [5.41, 5.74) is 5.82. The number of carbonyl (C=O) groups excluding carboxylic acids is 1. The Balaban J connectivity index is 1.57. The molecule has 3 N–H and O–H groups in total. The summed E-state index contributed by atoms with van der Waals surface area (Å²) in [5, 5.41) is 34.3. The summed E-state index contributed by atoms with van der Waals surface area (Å²) in [5.74, 6) is -0.0751. The third-order valence-corrected chi connectivity index (χ3v) is 12.2. The van der Waals surface area contributed by atoms with Gasteiger partial charge in [-0.05, 0) is 111 Å². The fourth-order valence-electron chi connectivity index (χ4n) is 9.29. The summed E-state index contributed by atoms with van der Waals surface area (Å²) in [7, 11) is 0. The predicted molar refractivity (Wildman–Crippen MR) is 234 cm³/mol. The van der Waals surface area contributed by atoms with Crippen LogP contribution in [0.3, 0.4) is 0 Å². The van der Waals surface area contributed by atoms with E-state index >= 15 is 0 Å². The van der Waals surface area contributed by atoms with Crippen molar-refractivity contribution in [3.63, 3.8) is 0 Å². The molecule has 0 saturated heterocycles. The van der Waals surface area contributed by atoms with Crippen molar-refractivity contribution in [2.75, 3.05) is 52.8 Å². The molecular formula is C49H64N2O10. The highest BCUT2D eigenvalue weighted by molar-refractivity contribution is 6.03. The number of nitrogens with zero attached hydrogens (tertiary/aromatic N) is 2. The molecule has 12 nitrogen and oxygen atoms in total. The van der Waals surface area contributed by atoms with Gasteiger partial charge in [0.25, 0.3) is 0 Å². The molecular weight excluding hydrogens is 777 g/mol. The van der Waals surface area contributed by atoms with Crippen LogP contribution in [0.4, 0.5) is 4.79 Å². The Morgan fingerprint density at radius 1 is 0.934 bits per heavy atom. The highest BCUT2D eigenvalue weighted by Crippen LogP contribution is 2.62. The number of rotatable bonds is 23. The molecule has 1 fully saturated rings. The van der Waals surface area contributed by atoms with Crippen LogP contribution < -0.4 is 9.47 Å². The number of unbranched alkanes of at least 4 members (excludes halogenated alkanes) is 2. The molecule has 1 heterocycles. The molecule has 0 spiro atoms. The molecule has 0 aromatic heterocycles. The Morgan fingerprint density at radius 2 is 1.69 bits per heavy atom. The van der Waals surface area contributed by atoms with E-state index in [0.29, 0.717) is 30.1 Å². The lowest BCUT2D eigenvalue weighted by atomic mass is 9.55. The third-order valence-electron chi connectivity index (χ3n) is 12.2. The first-order chi connectivity index (χ1) is 29.8. The van der Waals surface area contributed by atoms with E-state index in [1.807, 2.05) is 54.6 Å². The molecule has 6 atom stereocenters. The number of fused-ring (bicyclic) bond motifs is 2. The van der Waals surface area contributed by atoms with E-state index in [0.717, 1.165) is 53.7 Å². The Bertz CT molecular complexity index is 1950. The number of hydrogen-bond acceptors (Lipinski definition) is 11. The minimum atomic E-state index is -1.46. The van der Waals surface area contributed by atoms with Gasteiger partial charge in [-0.2, -0.15) is 0 Å². The van der Waals surface area contributed by atoms with E-state index in [1.54, 1.807) is 17.9 Å². The maximum atomic E-state index is 14.2. The maximum absolute atomic E-state index is 14.2. The molecule has 2 aliphatic carbocycles. The van der Waals surface area contributed by atoms with E-state index in [-0.39, 0.29) is 83.6 Å². The van der Waals surface area contributed by atoms with Gasteiger partial charge in [0.15, 0.2) is 0 Å². The smallest absolute Gasteiger partial charge is 0.410 e. The standard InChI is InChI=1S/C49H64N2O10/c1-5-26-58-49-45(51(48(55)57-6-2)22-27-56-28-25-54)32-43(50-59-33-36-14-8-7-9-15-36)41-30-37(16-10-12-23-52)40(17-11-13-24-53)46(47(41)49)42-31-39(20-21-44(42)61-49)60-38-19-18-34(3)35(4)29-38/h5,7-9,14-15,18-21,29-31,37,40,45-47,52-54H,1,6,10-13,16-17,22-28,32-33H2,2-4H3/t37-,40+,45-,46+,47+,49+/m0/s1. The summed E-state index contributed by atoms with van der Waals surface area (Å²) in [6, 6.07) is 21.1. The summed E-state index contributed by atoms with van der Waals surface area (Å²) in [6.45, 7) is 10.8. The lowest BCUT2D eigenvalue weighted by molar-refractivity contribution is -0.256. The molecule has 3 aromatic carbocycles. The first-order valence-electron chi connectivity index (χ1n) is 21.9. The van der Waals surface area contributed by atoms with Crippen LogP contribution in [0.25, 0.3) is 0 Å². The molecule has 330 valence electrons. The van der Waals surface area contributed by atoms with Crippen molar-refractivity contribution in [2.45, 2.75) is 90.1 Å². The largest absolute Gasteiger partial charge is 0.459 e. The molecule has 61 heavy (non-hydrogen) atoms. The zero-order chi connectivity index (χ0) is 43.2. The van der Waals surface area contributed by atoms with Crippen molar-refractivity contribution in [3.8, 4) is 17.2 Å². The molecule has 6 rings (SSSR count). The van der Waals surface area contributed by atoms with Gasteiger partial charge in [-0.15, -0.1) is 6.58 Å². The van der Waals surface area contributed by atoms with Gasteiger partial charge in [0, 0.05) is 37.7 Å². The van der Waals surface area contributed by atoms with Crippen LogP contribution in [0.15, 0.2) is 96.2 Å². The first kappa shape index (κ1) is 45.8. The lowest BCUT2D eigenvalue weighted by Crippen LogP contribution is -2.70. The van der Waals surface area contributed by atoms with Crippen molar-refractivity contribution in [1.82, 2.24) is 4.90 Å². The van der Waals surface area contributed by atoms with Gasteiger partial charge in [0.2, 0.25) is 5.79 Å². The van der Waals surface area contributed by atoms with Gasteiger partial charge in [-0.25, -0.2) is 4.79 Å². The van der Waals surface area contributed by atoms with E-state index in [4.69, 9.17) is 33.7 Å². The van der Waals surface area contributed by atoms with Crippen molar-refractivity contribution < 1.29 is 48.6 Å². The minimum absolute atomic E-state index is 0.0411. The predicted octanol–water partition coefficient (Wildman–Crippen LogP) is 8.40. The van der Waals surface area contributed by atoms with Crippen LogP contribution >= 0.6 is 0 Å². The monoisotopic (exact) mass is 840 g/mol. The van der Waals surface area contributed by atoms with E-state index in [9.17, 15) is 20.1 Å². The highest BCUT2D eigenvalue weighted by atomic mass is 16.7. The summed E-state index contributed by atoms with van der Waals surface area (Å²) < 4.78 is 32.4. The van der Waals surface area contributed by atoms with Gasteiger partial charge >= 0.3 is 6.09 Å². The Hall–Kier alpha value is -4.72. The van der Waals surface area contributed by atoms with Crippen molar-refractivity contribution in [1.29, 1.82) is 0 Å². The zero-order valence-electron chi connectivity index (χ0n) is 36.0. The Morgan fingerprint density at radius 3 is 2.41 bits per heavy atom. The number of allylic oxidation sites excluding steroid dienone is 1. The Kier molecular flexibility index (Phi) is 16.8. The fraction of sp³-hybridized carbons (Fsp3) is 0.510. The van der Waals surface area contributed by atoms with Gasteiger partial charge in [0.1, 0.15) is 29.9 Å². The molecule has 12 heteroatoms. The van der Waals surface area contributed by atoms with Crippen LogP contribution in [0.2, 0.25) is 0 Å². The van der Waals surface area contributed by atoms with E-state index in [1.165, 1.54) is 5.56 Å². The van der Waals surface area contributed by atoms with Crippen LogP contribution in [0.1, 0.15) is 80.0 Å². The number of aliphatic hydroxyl groups excluding tert-OH is 3. The number of ether oxygens (including phenoxy) is 5. The summed E-state index contributed by atoms with van der Waals surface area (Å²) in [4.78, 5) is 22.0. The van der Waals surface area contributed by atoms with Crippen LogP contribution in [0.5, 0.6) is 17.2 Å². The first-order valence-corrected chi connectivity index (χ1v) is 21.9. The highest BCUT2D eigenvalue weighted by Gasteiger charge is 2.65. The number of aryl methyl sites for hydroxylation is 2. The number of oxime groups is 1. The van der Waals surface area contributed by atoms with E-state index in [2.05, 4.69) is 38.6 Å². The molecule has 3 aliphatic rings. The number of hydrogen-bond donors (Lipinski definition) is 3. The topological polar surface area (TPSA) is 149 Å². The van der Waals surface area contributed by atoms with Gasteiger partial charge in [-0.3, -0.25) is 4.90 Å². The van der Waals surface area contributed by atoms with Gasteiger partial charge in [0.05, 0.1) is 44.7 Å². The van der Waals surface area contributed by atoms with E-state index < -0.39 is 23.8 Å². The third kappa shape index (κ3) is 10.8. The molecule has 3 aromatic rings. The summed E-state index contributed by atoms with van der Waals surface area (Å²) in [6.07, 6.45) is 8.22. The zero-order valence-corrected chi connectivity index (χ0v) is 36.0. The average Bonchev–Trinajstić information content (AvgIpc) is 3.26. The molecule has 0 unspecified atom stereocenters. The van der Waals surface area contributed by atoms with Crippen molar-refractivity contribution >= 4 is 11.8 Å². The number of amides is 1. The fourth-order valence-corrected chi connectivity index (χ4v) is 9.29.